The molecule has 2 saturated heterocycles. The second-order valence-corrected chi connectivity index (χ2v) is 6.24. The quantitative estimate of drug-likeness (QED) is 0.846. The Labute approximate surface area is 129 Å². The van der Waals surface area contributed by atoms with E-state index in [2.05, 4.69) is 10.2 Å². The van der Waals surface area contributed by atoms with E-state index in [4.69, 9.17) is 4.74 Å². The lowest BCUT2D eigenvalue weighted by atomic mass is 9.78. The molecule has 3 fully saturated rings. The second-order valence-electron chi connectivity index (χ2n) is 6.24. The number of carbonyl (C=O) groups is 1. The minimum absolute atomic E-state index is 0.126. The van der Waals surface area contributed by atoms with Crippen LogP contribution in [0.4, 0.5) is 4.79 Å². The molecule has 1 aliphatic carbocycles. The molecule has 1 amide bonds. The van der Waals surface area contributed by atoms with Gasteiger partial charge in [-0.3, -0.25) is 4.90 Å². The number of likely N-dealkylation sites (tertiary alicyclic amines) is 1. The van der Waals surface area contributed by atoms with Crippen molar-refractivity contribution in [3.05, 3.63) is 0 Å². The monoisotopic (exact) mass is 297 g/mol. The molecule has 2 aliphatic heterocycles. The van der Waals surface area contributed by atoms with Crippen molar-refractivity contribution in [2.45, 2.75) is 46.1 Å². The molecule has 1 atom stereocenters. The van der Waals surface area contributed by atoms with Crippen molar-refractivity contribution in [2.75, 3.05) is 45.9 Å². The van der Waals surface area contributed by atoms with E-state index in [0.29, 0.717) is 12.0 Å². The molecule has 0 aromatic heterocycles. The Morgan fingerprint density at radius 1 is 1.29 bits per heavy atom. The highest BCUT2D eigenvalue weighted by Crippen LogP contribution is 2.47. The molecule has 3 rings (SSSR count). The Bertz CT molecular complexity index is 336. The molecule has 5 nitrogen and oxygen atoms in total. The number of rotatable bonds is 2. The van der Waals surface area contributed by atoms with Gasteiger partial charge in [-0.2, -0.15) is 0 Å². The van der Waals surface area contributed by atoms with Crippen LogP contribution >= 0.6 is 0 Å². The third-order valence-corrected chi connectivity index (χ3v) is 4.92. The number of hydrogen-bond donors (Lipinski definition) is 1. The molecule has 122 valence electrons. The summed E-state index contributed by atoms with van der Waals surface area (Å²) in [5, 5.41) is 3.41. The maximum atomic E-state index is 11.6. The molecule has 1 saturated carbocycles. The average Bonchev–Trinajstić information content (AvgIpc) is 2.94. The molecular formula is C16H31N3O2. The molecule has 5 heteroatoms. The van der Waals surface area contributed by atoms with Gasteiger partial charge in [0.1, 0.15) is 0 Å². The molecule has 1 N–H and O–H groups in total. The Balaban J connectivity index is 0.000000774. The highest BCUT2D eigenvalue weighted by atomic mass is 16.6. The van der Waals surface area contributed by atoms with Gasteiger partial charge in [0, 0.05) is 50.7 Å². The summed E-state index contributed by atoms with van der Waals surface area (Å²) in [5.41, 5.74) is 0.405. The van der Waals surface area contributed by atoms with Crippen LogP contribution in [-0.2, 0) is 4.74 Å². The van der Waals surface area contributed by atoms with E-state index >= 15 is 0 Å². The van der Waals surface area contributed by atoms with Crippen molar-refractivity contribution in [1.82, 2.24) is 15.1 Å². The molecule has 1 spiro atoms. The van der Waals surface area contributed by atoms with Crippen LogP contribution in [0.5, 0.6) is 0 Å². The van der Waals surface area contributed by atoms with Gasteiger partial charge < -0.3 is 15.0 Å². The molecule has 0 bridgehead atoms. The third-order valence-electron chi connectivity index (χ3n) is 4.92. The van der Waals surface area contributed by atoms with Gasteiger partial charge in [-0.15, -0.1) is 0 Å². The summed E-state index contributed by atoms with van der Waals surface area (Å²) >= 11 is 0. The van der Waals surface area contributed by atoms with Crippen LogP contribution < -0.4 is 5.32 Å². The smallest absolute Gasteiger partial charge is 0.409 e. The van der Waals surface area contributed by atoms with Gasteiger partial charge in [-0.05, 0) is 26.2 Å². The third kappa shape index (κ3) is 3.69. The van der Waals surface area contributed by atoms with Gasteiger partial charge in [0.15, 0.2) is 0 Å². The zero-order valence-corrected chi connectivity index (χ0v) is 13.9. The van der Waals surface area contributed by atoms with E-state index in [1.165, 1.54) is 32.4 Å². The molecule has 0 aromatic rings. The van der Waals surface area contributed by atoms with E-state index in [0.717, 1.165) is 32.2 Å². The second kappa shape index (κ2) is 7.45. The predicted molar refractivity (Wildman–Crippen MR) is 84.5 cm³/mol. The Morgan fingerprint density at radius 3 is 2.57 bits per heavy atom. The first-order valence-corrected chi connectivity index (χ1v) is 8.59. The molecule has 0 radical (unpaired) electrons. The summed E-state index contributed by atoms with van der Waals surface area (Å²) in [6.07, 6.45) is 3.72. The summed E-state index contributed by atoms with van der Waals surface area (Å²) in [4.78, 5) is 16.1. The topological polar surface area (TPSA) is 44.8 Å². The van der Waals surface area contributed by atoms with Crippen LogP contribution in [0.1, 0.15) is 40.0 Å². The molecule has 21 heavy (non-hydrogen) atoms. The van der Waals surface area contributed by atoms with E-state index in [-0.39, 0.29) is 6.09 Å². The van der Waals surface area contributed by atoms with Gasteiger partial charge >= 0.3 is 6.09 Å². The lowest BCUT2D eigenvalue weighted by molar-refractivity contribution is -0.00313. The van der Waals surface area contributed by atoms with Gasteiger partial charge in [0.25, 0.3) is 0 Å². The predicted octanol–water partition coefficient (Wildman–Crippen LogP) is 1.93. The van der Waals surface area contributed by atoms with Gasteiger partial charge in [-0.25, -0.2) is 4.79 Å². The van der Waals surface area contributed by atoms with Crippen LogP contribution in [-0.4, -0.2) is 67.8 Å². The van der Waals surface area contributed by atoms with Crippen LogP contribution in [0, 0.1) is 5.41 Å². The number of ether oxygens (including phenoxy) is 1. The Hall–Kier alpha value is -0.810. The summed E-state index contributed by atoms with van der Waals surface area (Å²) < 4.78 is 5.06. The van der Waals surface area contributed by atoms with Crippen molar-refractivity contribution in [2.24, 2.45) is 5.41 Å². The van der Waals surface area contributed by atoms with E-state index < -0.39 is 0 Å². The first-order chi connectivity index (χ1) is 10.2. The van der Waals surface area contributed by atoms with Crippen molar-refractivity contribution >= 4 is 6.09 Å². The first kappa shape index (κ1) is 16.6. The summed E-state index contributed by atoms with van der Waals surface area (Å²) in [6.45, 7) is 12.8. The minimum Gasteiger partial charge on any atom is -0.450 e. The summed E-state index contributed by atoms with van der Waals surface area (Å²) in [5.74, 6) is 0. The highest BCUT2D eigenvalue weighted by molar-refractivity contribution is 5.69. The van der Waals surface area contributed by atoms with Crippen molar-refractivity contribution in [3.8, 4) is 0 Å². The molecule has 2 heterocycles. The number of hydrogen-bond acceptors (Lipinski definition) is 4. The zero-order chi connectivity index (χ0) is 15.3. The fraction of sp³-hybridized carbons (Fsp3) is 0.938. The van der Waals surface area contributed by atoms with Crippen LogP contribution in [0.3, 0.4) is 0 Å². The Kier molecular flexibility index (Phi) is 5.88. The van der Waals surface area contributed by atoms with Gasteiger partial charge in [-0.1, -0.05) is 13.8 Å². The summed E-state index contributed by atoms with van der Waals surface area (Å²) in [7, 11) is 0. The normalized spacial score (nSPS) is 27.8. The lowest BCUT2D eigenvalue weighted by Gasteiger charge is -2.48. The SMILES string of the molecule is CC.CCOC(=O)N1CC2(CCC(N3CCNCC3)C2)C1. The molecular weight excluding hydrogens is 266 g/mol. The highest BCUT2D eigenvalue weighted by Gasteiger charge is 2.51. The standard InChI is InChI=1S/C14H25N3O2.C2H6/c1-2-19-13(18)17-10-14(11-17)4-3-12(9-14)16-7-5-15-6-8-16;1-2/h12,15H,2-11H2,1H3;1-2H3. The molecule has 3 aliphatic rings. The van der Waals surface area contributed by atoms with E-state index in [1.54, 1.807) is 0 Å². The number of nitrogens with zero attached hydrogens (tertiary/aromatic N) is 2. The largest absolute Gasteiger partial charge is 0.450 e. The maximum Gasteiger partial charge on any atom is 0.409 e. The molecule has 1 unspecified atom stereocenters. The fourth-order valence-corrected chi connectivity index (χ4v) is 3.93. The number of amides is 1. The summed E-state index contributed by atoms with van der Waals surface area (Å²) in [6, 6.07) is 0.742. The average molecular weight is 297 g/mol. The lowest BCUT2D eigenvalue weighted by Crippen LogP contribution is -2.58. The van der Waals surface area contributed by atoms with Gasteiger partial charge in [0.2, 0.25) is 0 Å². The van der Waals surface area contributed by atoms with E-state index in [1.807, 2.05) is 25.7 Å². The number of nitrogens with one attached hydrogen (secondary N) is 1. The minimum atomic E-state index is -0.126. The zero-order valence-electron chi connectivity index (χ0n) is 13.9. The van der Waals surface area contributed by atoms with Gasteiger partial charge in [0.05, 0.1) is 6.61 Å². The Morgan fingerprint density at radius 2 is 1.95 bits per heavy atom. The van der Waals surface area contributed by atoms with Crippen molar-refractivity contribution in [3.63, 3.8) is 0 Å². The maximum absolute atomic E-state index is 11.6. The van der Waals surface area contributed by atoms with Crippen LogP contribution in [0.2, 0.25) is 0 Å². The van der Waals surface area contributed by atoms with Crippen molar-refractivity contribution < 1.29 is 9.53 Å². The first-order valence-electron chi connectivity index (χ1n) is 8.59. The number of carbonyl (C=O) groups excluding carboxylic acids is 1. The van der Waals surface area contributed by atoms with Crippen molar-refractivity contribution in [1.29, 1.82) is 0 Å². The van der Waals surface area contributed by atoms with E-state index in [9.17, 15) is 4.79 Å². The molecule has 0 aromatic carbocycles. The number of piperazine rings is 1. The fourth-order valence-electron chi connectivity index (χ4n) is 3.93. The van der Waals surface area contributed by atoms with Crippen LogP contribution in [0.25, 0.3) is 0 Å². The van der Waals surface area contributed by atoms with Crippen LogP contribution in [0.15, 0.2) is 0 Å².